The van der Waals surface area contributed by atoms with Crippen LogP contribution in [0.3, 0.4) is 0 Å². The number of likely N-dealkylation sites (tertiary alicyclic amines) is 1. The summed E-state index contributed by atoms with van der Waals surface area (Å²) < 4.78 is 35.6. The Labute approximate surface area is 85.9 Å². The largest absolute Gasteiger partial charge is 0.394 e. The van der Waals surface area contributed by atoms with Gasteiger partial charge in [-0.1, -0.05) is 0 Å². The number of carbonyl (C=O) groups excluding carboxylic acids is 1. The molecule has 1 amide bonds. The summed E-state index contributed by atoms with van der Waals surface area (Å²) in [6.45, 7) is 0.291. The van der Waals surface area contributed by atoms with Crippen molar-refractivity contribution in [3.8, 4) is 0 Å². The minimum Gasteiger partial charge on any atom is -0.394 e. The Balaban J connectivity index is 2.40. The molecule has 1 heterocycles. The lowest BCUT2D eigenvalue weighted by Crippen LogP contribution is -2.38. The maximum absolute atomic E-state index is 11.9. The number of aliphatic hydroxyl groups is 1. The number of alkyl halides is 3. The molecular weight excluding hydrogens is 211 g/mol. The van der Waals surface area contributed by atoms with Crippen LogP contribution in [0.2, 0.25) is 0 Å². The number of halogens is 3. The predicted molar refractivity (Wildman–Crippen MR) is 47.1 cm³/mol. The van der Waals surface area contributed by atoms with Crippen molar-refractivity contribution in [2.45, 2.75) is 37.9 Å². The molecule has 1 N–H and O–H groups in total. The number of rotatable bonds is 3. The molecule has 0 aromatic heterocycles. The molecule has 1 aliphatic rings. The van der Waals surface area contributed by atoms with Gasteiger partial charge in [0.1, 0.15) is 0 Å². The summed E-state index contributed by atoms with van der Waals surface area (Å²) in [5.74, 6) is -0.510. The van der Waals surface area contributed by atoms with Gasteiger partial charge in [0.15, 0.2) is 0 Å². The van der Waals surface area contributed by atoms with E-state index in [1.807, 2.05) is 0 Å². The van der Waals surface area contributed by atoms with Crippen LogP contribution in [0.4, 0.5) is 13.2 Å². The van der Waals surface area contributed by atoms with E-state index in [0.29, 0.717) is 13.0 Å². The van der Waals surface area contributed by atoms with Crippen LogP contribution < -0.4 is 0 Å². The van der Waals surface area contributed by atoms with Crippen LogP contribution in [0.1, 0.15) is 25.7 Å². The van der Waals surface area contributed by atoms with E-state index in [1.165, 1.54) is 4.90 Å². The summed E-state index contributed by atoms with van der Waals surface area (Å²) in [5, 5.41) is 8.90. The number of nitrogens with zero attached hydrogens (tertiary/aromatic N) is 1. The van der Waals surface area contributed by atoms with Crippen molar-refractivity contribution in [1.82, 2.24) is 4.90 Å². The molecule has 1 unspecified atom stereocenters. The van der Waals surface area contributed by atoms with E-state index in [0.717, 1.165) is 6.42 Å². The van der Waals surface area contributed by atoms with Gasteiger partial charge in [-0.15, -0.1) is 0 Å². The Bertz CT molecular complexity index is 230. The second kappa shape index (κ2) is 4.83. The van der Waals surface area contributed by atoms with E-state index in [9.17, 15) is 18.0 Å². The first-order chi connectivity index (χ1) is 6.94. The summed E-state index contributed by atoms with van der Waals surface area (Å²) >= 11 is 0. The molecule has 1 rings (SSSR count). The van der Waals surface area contributed by atoms with Gasteiger partial charge >= 0.3 is 6.18 Å². The molecule has 1 saturated heterocycles. The number of hydrogen-bond donors (Lipinski definition) is 1. The van der Waals surface area contributed by atoms with Crippen LogP contribution in [0.5, 0.6) is 0 Å². The van der Waals surface area contributed by atoms with Crippen LogP contribution in [-0.4, -0.2) is 41.3 Å². The molecule has 0 saturated carbocycles. The third-order valence-electron chi connectivity index (χ3n) is 2.53. The monoisotopic (exact) mass is 225 g/mol. The van der Waals surface area contributed by atoms with Crippen molar-refractivity contribution in [2.24, 2.45) is 0 Å². The smallest absolute Gasteiger partial charge is 0.389 e. The van der Waals surface area contributed by atoms with Crippen LogP contribution in [-0.2, 0) is 4.79 Å². The Morgan fingerprint density at radius 2 is 2.13 bits per heavy atom. The fourth-order valence-electron chi connectivity index (χ4n) is 1.75. The van der Waals surface area contributed by atoms with E-state index in [1.54, 1.807) is 0 Å². The molecule has 1 fully saturated rings. The first kappa shape index (κ1) is 12.3. The lowest BCUT2D eigenvalue weighted by molar-refractivity contribution is -0.149. The summed E-state index contributed by atoms with van der Waals surface area (Å²) in [6.07, 6.45) is -4.46. The van der Waals surface area contributed by atoms with Crippen molar-refractivity contribution in [1.29, 1.82) is 0 Å². The van der Waals surface area contributed by atoms with E-state index in [-0.39, 0.29) is 12.6 Å². The average Bonchev–Trinajstić information content (AvgIpc) is 2.60. The molecular formula is C9H14F3NO2. The molecule has 0 radical (unpaired) electrons. The SMILES string of the molecule is O=C(CCC(F)(F)F)N1CCCC1CO. The van der Waals surface area contributed by atoms with E-state index >= 15 is 0 Å². The quantitative estimate of drug-likeness (QED) is 0.786. The van der Waals surface area contributed by atoms with Crippen molar-refractivity contribution in [3.05, 3.63) is 0 Å². The standard InChI is InChI=1S/C9H14F3NO2/c10-9(11,12)4-3-8(15)13-5-1-2-7(13)6-14/h7,14H,1-6H2. The maximum atomic E-state index is 11.9. The van der Waals surface area contributed by atoms with Gasteiger partial charge in [0, 0.05) is 13.0 Å². The van der Waals surface area contributed by atoms with E-state index in [2.05, 4.69) is 0 Å². The summed E-state index contributed by atoms with van der Waals surface area (Å²) in [5.41, 5.74) is 0. The molecule has 0 aliphatic carbocycles. The van der Waals surface area contributed by atoms with Gasteiger partial charge in [-0.3, -0.25) is 4.79 Å². The zero-order valence-electron chi connectivity index (χ0n) is 8.26. The van der Waals surface area contributed by atoms with Gasteiger partial charge in [0.25, 0.3) is 0 Å². The fraction of sp³-hybridized carbons (Fsp3) is 0.889. The normalized spacial score (nSPS) is 22.1. The molecule has 15 heavy (non-hydrogen) atoms. The second-order valence-electron chi connectivity index (χ2n) is 3.68. The molecule has 0 aromatic rings. The minimum atomic E-state index is -4.29. The molecule has 1 atom stereocenters. The predicted octanol–water partition coefficient (Wildman–Crippen LogP) is 1.31. The van der Waals surface area contributed by atoms with Crippen molar-refractivity contribution in [2.75, 3.05) is 13.2 Å². The van der Waals surface area contributed by atoms with Crippen LogP contribution in [0.25, 0.3) is 0 Å². The van der Waals surface area contributed by atoms with E-state index < -0.39 is 24.9 Å². The van der Waals surface area contributed by atoms with Crippen molar-refractivity contribution in [3.63, 3.8) is 0 Å². The number of hydrogen-bond acceptors (Lipinski definition) is 2. The summed E-state index contributed by atoms with van der Waals surface area (Å²) in [4.78, 5) is 12.7. The number of aliphatic hydroxyl groups excluding tert-OH is 1. The minimum absolute atomic E-state index is 0.169. The Morgan fingerprint density at radius 1 is 1.47 bits per heavy atom. The molecule has 0 aromatic carbocycles. The van der Waals surface area contributed by atoms with Gasteiger partial charge in [0.05, 0.1) is 19.1 Å². The molecule has 0 spiro atoms. The average molecular weight is 225 g/mol. The van der Waals surface area contributed by atoms with Gasteiger partial charge < -0.3 is 10.0 Å². The van der Waals surface area contributed by atoms with Gasteiger partial charge in [-0.05, 0) is 12.8 Å². The van der Waals surface area contributed by atoms with Gasteiger partial charge in [-0.25, -0.2) is 0 Å². The van der Waals surface area contributed by atoms with Gasteiger partial charge in [-0.2, -0.15) is 13.2 Å². The zero-order valence-corrected chi connectivity index (χ0v) is 8.26. The molecule has 1 aliphatic heterocycles. The van der Waals surface area contributed by atoms with Crippen LogP contribution >= 0.6 is 0 Å². The van der Waals surface area contributed by atoms with Crippen molar-refractivity contribution < 1.29 is 23.1 Å². The highest BCUT2D eigenvalue weighted by atomic mass is 19.4. The third kappa shape index (κ3) is 3.70. The molecule has 88 valence electrons. The Hall–Kier alpha value is -0.780. The topological polar surface area (TPSA) is 40.5 Å². The van der Waals surface area contributed by atoms with Crippen LogP contribution in [0.15, 0.2) is 0 Å². The summed E-state index contributed by atoms with van der Waals surface area (Å²) in [6, 6.07) is -0.286. The zero-order chi connectivity index (χ0) is 11.5. The number of carbonyl (C=O) groups is 1. The maximum Gasteiger partial charge on any atom is 0.389 e. The highest BCUT2D eigenvalue weighted by molar-refractivity contribution is 5.76. The van der Waals surface area contributed by atoms with Gasteiger partial charge in [0.2, 0.25) is 5.91 Å². The fourth-order valence-corrected chi connectivity index (χ4v) is 1.75. The Morgan fingerprint density at radius 3 is 2.67 bits per heavy atom. The summed E-state index contributed by atoms with van der Waals surface area (Å²) in [7, 11) is 0. The highest BCUT2D eigenvalue weighted by Gasteiger charge is 2.32. The first-order valence-electron chi connectivity index (χ1n) is 4.91. The Kier molecular flexibility index (Phi) is 3.96. The highest BCUT2D eigenvalue weighted by Crippen LogP contribution is 2.24. The third-order valence-corrected chi connectivity index (χ3v) is 2.53. The molecule has 0 bridgehead atoms. The van der Waals surface area contributed by atoms with Crippen molar-refractivity contribution >= 4 is 5.91 Å². The van der Waals surface area contributed by atoms with E-state index in [4.69, 9.17) is 5.11 Å². The second-order valence-corrected chi connectivity index (χ2v) is 3.68. The molecule has 3 nitrogen and oxygen atoms in total. The number of amides is 1. The first-order valence-corrected chi connectivity index (χ1v) is 4.91. The lowest BCUT2D eigenvalue weighted by atomic mass is 10.2. The molecule has 6 heteroatoms. The lowest BCUT2D eigenvalue weighted by Gasteiger charge is -2.23. The van der Waals surface area contributed by atoms with Crippen LogP contribution in [0, 0.1) is 0 Å².